The average molecular weight is 285 g/mol. The predicted molar refractivity (Wildman–Crippen MR) is 75.4 cm³/mol. The fraction of sp³-hybridized carbons (Fsp3) is 0.933. The highest BCUT2D eigenvalue weighted by atomic mass is 16.7. The van der Waals surface area contributed by atoms with Gasteiger partial charge in [0.1, 0.15) is 6.04 Å². The number of hydrogen-bond acceptors (Lipinski definition) is 5. The first-order valence-electron chi connectivity index (χ1n) is 7.78. The highest BCUT2D eigenvalue weighted by Gasteiger charge is 2.42. The van der Waals surface area contributed by atoms with Gasteiger partial charge in [0, 0.05) is 18.9 Å². The molecule has 0 aromatic heterocycles. The molecule has 116 valence electrons. The molecule has 5 heteroatoms. The Morgan fingerprint density at radius 1 is 1.30 bits per heavy atom. The van der Waals surface area contributed by atoms with Gasteiger partial charge in [0.05, 0.1) is 19.8 Å². The Morgan fingerprint density at radius 3 is 2.40 bits per heavy atom. The summed E-state index contributed by atoms with van der Waals surface area (Å²) in [5.74, 6) is -0.436. The van der Waals surface area contributed by atoms with Gasteiger partial charge in [0.15, 0.2) is 5.79 Å². The Morgan fingerprint density at radius 2 is 1.90 bits per heavy atom. The van der Waals surface area contributed by atoms with Crippen LogP contribution in [0.15, 0.2) is 0 Å². The summed E-state index contributed by atoms with van der Waals surface area (Å²) in [5.41, 5.74) is 0. The molecule has 2 rings (SSSR count). The zero-order valence-corrected chi connectivity index (χ0v) is 12.9. The van der Waals surface area contributed by atoms with Crippen molar-refractivity contribution in [1.29, 1.82) is 0 Å². The maximum Gasteiger partial charge on any atom is 0.323 e. The van der Waals surface area contributed by atoms with Crippen molar-refractivity contribution in [2.75, 3.05) is 26.9 Å². The van der Waals surface area contributed by atoms with E-state index in [-0.39, 0.29) is 17.8 Å². The van der Waals surface area contributed by atoms with E-state index in [9.17, 15) is 4.79 Å². The Labute approximate surface area is 121 Å². The smallest absolute Gasteiger partial charge is 0.323 e. The summed E-state index contributed by atoms with van der Waals surface area (Å²) < 4.78 is 16.7. The van der Waals surface area contributed by atoms with Gasteiger partial charge in [-0.25, -0.2) is 0 Å². The number of ether oxygens (including phenoxy) is 3. The number of hydrogen-bond donors (Lipinski definition) is 0. The fourth-order valence-corrected chi connectivity index (χ4v) is 3.35. The summed E-state index contributed by atoms with van der Waals surface area (Å²) in [7, 11) is 2.03. The molecule has 0 amide bonds. The SMILES string of the molecule is CCOC(=O)C(CC)N(C)C1CCC2(CC1)OCCO2. The molecule has 1 aliphatic heterocycles. The van der Waals surface area contributed by atoms with Crippen LogP contribution in [-0.4, -0.2) is 55.6 Å². The second-order valence-corrected chi connectivity index (χ2v) is 5.68. The van der Waals surface area contributed by atoms with Gasteiger partial charge in [-0.1, -0.05) is 6.92 Å². The number of rotatable bonds is 5. The molecule has 2 fully saturated rings. The van der Waals surface area contributed by atoms with Crippen molar-refractivity contribution < 1.29 is 19.0 Å². The van der Waals surface area contributed by atoms with Crippen LogP contribution in [0.2, 0.25) is 0 Å². The monoisotopic (exact) mass is 285 g/mol. The molecule has 2 aliphatic rings. The molecule has 0 aromatic rings. The van der Waals surface area contributed by atoms with Crippen LogP contribution in [0.4, 0.5) is 0 Å². The van der Waals surface area contributed by atoms with Crippen molar-refractivity contribution in [2.24, 2.45) is 0 Å². The molecular weight excluding hydrogens is 258 g/mol. The summed E-state index contributed by atoms with van der Waals surface area (Å²) in [6.07, 6.45) is 4.63. The maximum absolute atomic E-state index is 12.0. The normalized spacial score (nSPS) is 24.2. The Balaban J connectivity index is 1.89. The molecule has 1 saturated heterocycles. The van der Waals surface area contributed by atoms with E-state index in [0.717, 1.165) is 32.1 Å². The van der Waals surface area contributed by atoms with E-state index in [1.54, 1.807) is 0 Å². The predicted octanol–water partition coefficient (Wildman–Crippen LogP) is 1.95. The van der Waals surface area contributed by atoms with Crippen molar-refractivity contribution in [3.8, 4) is 0 Å². The van der Waals surface area contributed by atoms with E-state index in [2.05, 4.69) is 4.90 Å². The molecule has 0 aromatic carbocycles. The van der Waals surface area contributed by atoms with E-state index in [0.29, 0.717) is 25.9 Å². The second-order valence-electron chi connectivity index (χ2n) is 5.68. The van der Waals surface area contributed by atoms with Gasteiger partial charge in [0.25, 0.3) is 0 Å². The molecule has 0 radical (unpaired) electrons. The quantitative estimate of drug-likeness (QED) is 0.723. The standard InChI is InChI=1S/C15H27NO4/c1-4-13(14(17)18-5-2)16(3)12-6-8-15(9-7-12)19-10-11-20-15/h12-13H,4-11H2,1-3H3. The highest BCUT2D eigenvalue weighted by Crippen LogP contribution is 2.37. The van der Waals surface area contributed by atoms with Crippen LogP contribution in [0.1, 0.15) is 46.0 Å². The lowest BCUT2D eigenvalue weighted by atomic mass is 9.88. The molecule has 0 N–H and O–H groups in total. The van der Waals surface area contributed by atoms with Crippen LogP contribution in [0, 0.1) is 0 Å². The molecule has 1 saturated carbocycles. The molecule has 1 atom stereocenters. The first-order chi connectivity index (χ1) is 9.62. The van der Waals surface area contributed by atoms with E-state index in [1.165, 1.54) is 0 Å². The number of carbonyl (C=O) groups excluding carboxylic acids is 1. The van der Waals surface area contributed by atoms with Crippen molar-refractivity contribution in [3.63, 3.8) is 0 Å². The van der Waals surface area contributed by atoms with E-state index >= 15 is 0 Å². The summed E-state index contributed by atoms with van der Waals surface area (Å²) >= 11 is 0. The molecule has 1 heterocycles. The number of esters is 1. The van der Waals surface area contributed by atoms with Gasteiger partial charge in [-0.05, 0) is 33.2 Å². The minimum absolute atomic E-state index is 0.105. The van der Waals surface area contributed by atoms with Crippen molar-refractivity contribution in [3.05, 3.63) is 0 Å². The maximum atomic E-state index is 12.0. The first kappa shape index (κ1) is 15.7. The number of likely N-dealkylation sites (N-methyl/N-ethyl adjacent to an activating group) is 1. The van der Waals surface area contributed by atoms with Crippen LogP contribution < -0.4 is 0 Å². The lowest BCUT2D eigenvalue weighted by Gasteiger charge is -2.41. The van der Waals surface area contributed by atoms with Gasteiger partial charge in [-0.15, -0.1) is 0 Å². The van der Waals surface area contributed by atoms with Crippen LogP contribution >= 0.6 is 0 Å². The van der Waals surface area contributed by atoms with Gasteiger partial charge < -0.3 is 14.2 Å². The largest absolute Gasteiger partial charge is 0.465 e. The Bertz CT molecular complexity index is 318. The zero-order chi connectivity index (χ0) is 14.6. The Kier molecular flexibility index (Phi) is 5.41. The third-order valence-corrected chi connectivity index (χ3v) is 4.54. The topological polar surface area (TPSA) is 48.0 Å². The minimum atomic E-state index is -0.330. The van der Waals surface area contributed by atoms with Crippen LogP contribution in [-0.2, 0) is 19.0 Å². The molecule has 1 spiro atoms. The van der Waals surface area contributed by atoms with E-state index < -0.39 is 0 Å². The van der Waals surface area contributed by atoms with Crippen LogP contribution in [0.25, 0.3) is 0 Å². The third kappa shape index (κ3) is 3.32. The summed E-state index contributed by atoms with van der Waals surface area (Å²) in [6.45, 7) is 5.75. The fourth-order valence-electron chi connectivity index (χ4n) is 3.35. The zero-order valence-electron chi connectivity index (χ0n) is 12.9. The van der Waals surface area contributed by atoms with E-state index in [4.69, 9.17) is 14.2 Å². The molecule has 0 bridgehead atoms. The van der Waals surface area contributed by atoms with Gasteiger partial charge in [-0.2, -0.15) is 0 Å². The van der Waals surface area contributed by atoms with Crippen LogP contribution in [0.3, 0.4) is 0 Å². The van der Waals surface area contributed by atoms with Crippen molar-refractivity contribution in [2.45, 2.75) is 63.8 Å². The Hall–Kier alpha value is -0.650. The summed E-state index contributed by atoms with van der Waals surface area (Å²) in [4.78, 5) is 14.2. The number of carbonyl (C=O) groups is 1. The second kappa shape index (κ2) is 6.87. The lowest BCUT2D eigenvalue weighted by molar-refractivity contribution is -0.185. The van der Waals surface area contributed by atoms with Gasteiger partial charge in [-0.3, -0.25) is 9.69 Å². The molecule has 1 aliphatic carbocycles. The first-order valence-corrected chi connectivity index (χ1v) is 7.78. The number of nitrogens with zero attached hydrogens (tertiary/aromatic N) is 1. The van der Waals surface area contributed by atoms with E-state index in [1.807, 2.05) is 20.9 Å². The molecular formula is C15H27NO4. The highest BCUT2D eigenvalue weighted by molar-refractivity contribution is 5.75. The molecule has 20 heavy (non-hydrogen) atoms. The van der Waals surface area contributed by atoms with Crippen molar-refractivity contribution in [1.82, 2.24) is 4.90 Å². The minimum Gasteiger partial charge on any atom is -0.465 e. The summed E-state index contributed by atoms with van der Waals surface area (Å²) in [5, 5.41) is 0. The third-order valence-electron chi connectivity index (χ3n) is 4.54. The van der Waals surface area contributed by atoms with Gasteiger partial charge in [0.2, 0.25) is 0 Å². The molecule has 5 nitrogen and oxygen atoms in total. The summed E-state index contributed by atoms with van der Waals surface area (Å²) in [6, 6.07) is 0.266. The van der Waals surface area contributed by atoms with Crippen molar-refractivity contribution >= 4 is 5.97 Å². The lowest BCUT2D eigenvalue weighted by Crippen LogP contribution is -2.49. The average Bonchev–Trinajstić information content (AvgIpc) is 2.89. The molecule has 1 unspecified atom stereocenters. The van der Waals surface area contributed by atoms with Gasteiger partial charge >= 0.3 is 5.97 Å². The van der Waals surface area contributed by atoms with Crippen LogP contribution in [0.5, 0.6) is 0 Å².